The Hall–Kier alpha value is -4.42. The van der Waals surface area contributed by atoms with Crippen LogP contribution in [-0.2, 0) is 4.79 Å². The molecule has 0 saturated carbocycles. The summed E-state index contributed by atoms with van der Waals surface area (Å²) in [7, 11) is 0. The second kappa shape index (κ2) is 9.22. The van der Waals surface area contributed by atoms with Gasteiger partial charge in [-0.1, -0.05) is 29.3 Å². The molecule has 0 amide bonds. The fourth-order valence-corrected chi connectivity index (χ4v) is 5.47. The molecule has 0 radical (unpaired) electrons. The number of nitriles is 1. The van der Waals surface area contributed by atoms with E-state index in [1.807, 2.05) is 31.2 Å². The summed E-state index contributed by atoms with van der Waals surface area (Å²) in [4.78, 5) is 25.7. The lowest BCUT2D eigenvalue weighted by molar-refractivity contribution is -0.384. The molecule has 10 heteroatoms. The minimum absolute atomic E-state index is 0.0680. The summed E-state index contributed by atoms with van der Waals surface area (Å²) in [6, 6.07) is 15.8. The number of nitrogens with zero attached hydrogens (tertiary/aromatic N) is 5. The van der Waals surface area contributed by atoms with Crippen LogP contribution in [0.15, 0.2) is 71.2 Å². The van der Waals surface area contributed by atoms with Crippen molar-refractivity contribution in [2.45, 2.75) is 39.0 Å². The highest BCUT2D eigenvalue weighted by molar-refractivity contribution is 6.31. The Morgan fingerprint density at radius 3 is 2.38 bits per heavy atom. The lowest BCUT2D eigenvalue weighted by atomic mass is 9.75. The number of ketones is 1. The number of aromatic nitrogens is 2. The first-order valence-corrected chi connectivity index (χ1v) is 12.1. The molecule has 2 heterocycles. The predicted octanol–water partition coefficient (Wildman–Crippen LogP) is 5.36. The Morgan fingerprint density at radius 2 is 1.76 bits per heavy atom. The Labute approximate surface area is 218 Å². The van der Waals surface area contributed by atoms with Crippen LogP contribution in [0, 0.1) is 35.3 Å². The van der Waals surface area contributed by atoms with Crippen molar-refractivity contribution in [1.29, 1.82) is 5.26 Å². The molecule has 37 heavy (non-hydrogen) atoms. The van der Waals surface area contributed by atoms with Gasteiger partial charge in [0.15, 0.2) is 5.78 Å². The summed E-state index contributed by atoms with van der Waals surface area (Å²) >= 11 is 6.90. The van der Waals surface area contributed by atoms with Gasteiger partial charge in [-0.05, 0) is 51.0 Å². The SMILES string of the molecule is Cc1ccc(-n2nc(C)c(C3C(C#N)=C(N)N(c4ccc([N+](=O)[O-])cc4)C4=C3C(=O)CCC4)c2Cl)cc1. The topological polar surface area (TPSA) is 131 Å². The van der Waals surface area contributed by atoms with E-state index >= 15 is 0 Å². The van der Waals surface area contributed by atoms with E-state index in [-0.39, 0.29) is 22.9 Å². The van der Waals surface area contributed by atoms with Gasteiger partial charge in [-0.15, -0.1) is 0 Å². The third-order valence-electron chi connectivity index (χ3n) is 6.85. The maximum atomic E-state index is 13.4. The molecule has 0 saturated heterocycles. The number of nitrogens with two attached hydrogens (primary N) is 1. The van der Waals surface area contributed by atoms with Gasteiger partial charge in [0.2, 0.25) is 0 Å². The number of allylic oxidation sites excluding steroid dienone is 3. The summed E-state index contributed by atoms with van der Waals surface area (Å²) < 4.78 is 1.60. The number of hydrogen-bond donors (Lipinski definition) is 1. The number of nitro groups is 1. The normalized spacial score (nSPS) is 17.6. The molecular weight excluding hydrogens is 492 g/mol. The van der Waals surface area contributed by atoms with Gasteiger partial charge < -0.3 is 5.73 Å². The number of benzene rings is 2. The minimum Gasteiger partial charge on any atom is -0.384 e. The number of carbonyl (C=O) groups excluding carboxylic acids is 1. The second-order valence-corrected chi connectivity index (χ2v) is 9.49. The molecule has 1 aromatic heterocycles. The van der Waals surface area contributed by atoms with E-state index in [2.05, 4.69) is 11.2 Å². The van der Waals surface area contributed by atoms with E-state index in [9.17, 15) is 20.2 Å². The van der Waals surface area contributed by atoms with Crippen LogP contribution in [0.2, 0.25) is 5.15 Å². The molecule has 1 unspecified atom stereocenters. The molecule has 2 N–H and O–H groups in total. The van der Waals surface area contributed by atoms with E-state index in [0.29, 0.717) is 52.6 Å². The standard InChI is InChI=1S/C27H23ClN6O3/c1-15-6-8-18(9-7-15)33-26(28)23(16(2)31-33)24-20(14-29)27(30)32(21-4-3-5-22(35)25(21)24)17-10-12-19(13-11-17)34(36)37/h6-13,24H,3-5,30H2,1-2H3. The van der Waals surface area contributed by atoms with E-state index in [0.717, 1.165) is 11.3 Å². The number of aryl methyl sites for hydroxylation is 2. The van der Waals surface area contributed by atoms with Crippen molar-refractivity contribution in [3.05, 3.63) is 103 Å². The van der Waals surface area contributed by atoms with E-state index in [4.69, 9.17) is 17.3 Å². The number of nitro benzene ring substituents is 1. The van der Waals surface area contributed by atoms with Gasteiger partial charge in [-0.3, -0.25) is 19.8 Å². The summed E-state index contributed by atoms with van der Waals surface area (Å²) in [6.07, 6.45) is 1.51. The van der Waals surface area contributed by atoms with Crippen molar-refractivity contribution in [2.24, 2.45) is 5.73 Å². The monoisotopic (exact) mass is 514 g/mol. The summed E-state index contributed by atoms with van der Waals surface area (Å²) in [5, 5.41) is 26.4. The van der Waals surface area contributed by atoms with Crippen LogP contribution >= 0.6 is 11.6 Å². The predicted molar refractivity (Wildman–Crippen MR) is 139 cm³/mol. The minimum atomic E-state index is -0.770. The first-order chi connectivity index (χ1) is 17.7. The molecule has 186 valence electrons. The highest BCUT2D eigenvalue weighted by Gasteiger charge is 2.42. The number of hydrogen-bond acceptors (Lipinski definition) is 7. The zero-order chi connectivity index (χ0) is 26.4. The van der Waals surface area contributed by atoms with Gasteiger partial charge in [0, 0.05) is 41.1 Å². The second-order valence-electron chi connectivity index (χ2n) is 9.13. The Morgan fingerprint density at radius 1 is 1.11 bits per heavy atom. The largest absolute Gasteiger partial charge is 0.384 e. The number of rotatable bonds is 4. The molecule has 3 aromatic rings. The average Bonchev–Trinajstić information content (AvgIpc) is 3.17. The molecule has 2 aromatic carbocycles. The number of anilines is 1. The Balaban J connectivity index is 1.71. The van der Waals surface area contributed by atoms with E-state index in [1.165, 1.54) is 12.1 Å². The van der Waals surface area contributed by atoms with Crippen molar-refractivity contribution in [1.82, 2.24) is 9.78 Å². The van der Waals surface area contributed by atoms with Gasteiger partial charge in [-0.25, -0.2) is 4.68 Å². The third-order valence-corrected chi connectivity index (χ3v) is 7.21. The fourth-order valence-electron chi connectivity index (χ4n) is 5.09. The van der Waals surface area contributed by atoms with Crippen molar-refractivity contribution >= 4 is 28.8 Å². The third kappa shape index (κ3) is 3.96. The van der Waals surface area contributed by atoms with Crippen LogP contribution in [0.25, 0.3) is 5.69 Å². The zero-order valence-electron chi connectivity index (χ0n) is 20.2. The fraction of sp³-hybridized carbons (Fsp3) is 0.222. The van der Waals surface area contributed by atoms with Crippen LogP contribution < -0.4 is 10.6 Å². The first-order valence-electron chi connectivity index (χ1n) is 11.8. The molecule has 0 spiro atoms. The molecule has 1 aliphatic carbocycles. The van der Waals surface area contributed by atoms with Crippen molar-refractivity contribution in [2.75, 3.05) is 4.90 Å². The molecule has 0 bridgehead atoms. The lowest BCUT2D eigenvalue weighted by Gasteiger charge is -2.39. The smallest absolute Gasteiger partial charge is 0.269 e. The van der Waals surface area contributed by atoms with E-state index in [1.54, 1.807) is 28.6 Å². The van der Waals surface area contributed by atoms with E-state index < -0.39 is 10.8 Å². The summed E-state index contributed by atoms with van der Waals surface area (Å²) in [5.74, 6) is -0.695. The maximum Gasteiger partial charge on any atom is 0.269 e. The highest BCUT2D eigenvalue weighted by Crippen LogP contribution is 2.48. The first kappa shape index (κ1) is 24.3. The van der Waals surface area contributed by atoms with Gasteiger partial charge in [0.25, 0.3) is 5.69 Å². The number of carbonyl (C=O) groups is 1. The van der Waals surface area contributed by atoms with Crippen LogP contribution in [0.3, 0.4) is 0 Å². The Bertz CT molecular complexity index is 1540. The molecular formula is C27H23ClN6O3. The molecule has 5 rings (SSSR count). The maximum absolute atomic E-state index is 13.4. The van der Waals surface area contributed by atoms with Crippen molar-refractivity contribution in [3.63, 3.8) is 0 Å². The van der Waals surface area contributed by atoms with Crippen LogP contribution in [0.4, 0.5) is 11.4 Å². The number of non-ortho nitro benzene ring substituents is 1. The van der Waals surface area contributed by atoms with Crippen molar-refractivity contribution < 1.29 is 9.72 Å². The zero-order valence-corrected chi connectivity index (χ0v) is 21.0. The van der Waals surface area contributed by atoms with Gasteiger partial charge in [0.05, 0.1) is 33.9 Å². The summed E-state index contributed by atoms with van der Waals surface area (Å²) in [6.45, 7) is 3.78. The number of halogens is 1. The molecule has 1 atom stereocenters. The van der Waals surface area contributed by atoms with Gasteiger partial charge in [0.1, 0.15) is 11.0 Å². The quantitative estimate of drug-likeness (QED) is 0.366. The molecule has 0 fully saturated rings. The van der Waals surface area contributed by atoms with Crippen LogP contribution in [0.5, 0.6) is 0 Å². The van der Waals surface area contributed by atoms with Crippen LogP contribution in [0.1, 0.15) is 42.0 Å². The highest BCUT2D eigenvalue weighted by atomic mass is 35.5. The van der Waals surface area contributed by atoms with Gasteiger partial charge in [-0.2, -0.15) is 10.4 Å². The molecule has 9 nitrogen and oxygen atoms in total. The molecule has 2 aliphatic rings. The Kier molecular flexibility index (Phi) is 6.05. The lowest BCUT2D eigenvalue weighted by Crippen LogP contribution is -2.38. The van der Waals surface area contributed by atoms with Gasteiger partial charge >= 0.3 is 0 Å². The number of Topliss-reactive ketones (excluding diaryl/α,β-unsaturated/α-hetero) is 1. The average molecular weight is 515 g/mol. The van der Waals surface area contributed by atoms with Crippen molar-refractivity contribution in [3.8, 4) is 11.8 Å². The van der Waals surface area contributed by atoms with Crippen LogP contribution in [-0.4, -0.2) is 20.5 Å². The molecule has 1 aliphatic heterocycles. The summed E-state index contributed by atoms with van der Waals surface area (Å²) in [5.41, 5.74) is 11.4.